The van der Waals surface area contributed by atoms with E-state index in [2.05, 4.69) is 57.9 Å². The van der Waals surface area contributed by atoms with Gasteiger partial charge in [-0.1, -0.05) is 24.3 Å². The van der Waals surface area contributed by atoms with Crippen LogP contribution in [0.3, 0.4) is 0 Å². The van der Waals surface area contributed by atoms with Gasteiger partial charge in [-0.25, -0.2) is 4.79 Å². The van der Waals surface area contributed by atoms with Crippen molar-refractivity contribution < 1.29 is 9.90 Å². The average Bonchev–Trinajstić information content (AvgIpc) is 3.34. The number of benzene rings is 2. The number of anilines is 1. The number of aromatic nitrogens is 2. The fraction of sp³-hybridized carbons (Fsp3) is 0.179. The van der Waals surface area contributed by atoms with Gasteiger partial charge in [0.05, 0.1) is 23.3 Å². The van der Waals surface area contributed by atoms with Gasteiger partial charge in [0.25, 0.3) is 0 Å². The molecule has 0 radical (unpaired) electrons. The van der Waals surface area contributed by atoms with Crippen LogP contribution in [-0.4, -0.2) is 25.7 Å². The van der Waals surface area contributed by atoms with Gasteiger partial charge in [-0.15, -0.1) is 0 Å². The van der Waals surface area contributed by atoms with E-state index in [-0.39, 0.29) is 17.6 Å². The summed E-state index contributed by atoms with van der Waals surface area (Å²) in [5, 5.41) is 13.7. The van der Waals surface area contributed by atoms with Crippen molar-refractivity contribution in [3.05, 3.63) is 113 Å². The molecule has 1 fully saturated rings. The van der Waals surface area contributed by atoms with Crippen LogP contribution < -0.4 is 10.2 Å². The summed E-state index contributed by atoms with van der Waals surface area (Å²) in [5.41, 5.74) is 7.30. The second kappa shape index (κ2) is 9.00. The second-order valence-corrected chi connectivity index (χ2v) is 9.24. The lowest BCUT2D eigenvalue weighted by Gasteiger charge is -2.28. The molecule has 0 aliphatic carbocycles. The molecule has 0 unspecified atom stereocenters. The maximum Gasteiger partial charge on any atom is 0.335 e. The van der Waals surface area contributed by atoms with Gasteiger partial charge in [0.2, 0.25) is 0 Å². The highest BCUT2D eigenvalue weighted by Crippen LogP contribution is 2.43. The third-order valence-corrected chi connectivity index (χ3v) is 6.83. The molecule has 0 amide bonds. The van der Waals surface area contributed by atoms with Crippen molar-refractivity contribution in [2.75, 3.05) is 4.90 Å². The van der Waals surface area contributed by atoms with E-state index in [9.17, 15) is 9.90 Å². The number of nitrogens with one attached hydrogen (secondary N) is 1. The number of pyridine rings is 1. The molecule has 2 atom stereocenters. The number of rotatable bonds is 5. The molecule has 0 saturated carbocycles. The molecule has 1 aliphatic heterocycles. The van der Waals surface area contributed by atoms with E-state index in [0.29, 0.717) is 5.11 Å². The van der Waals surface area contributed by atoms with Crippen molar-refractivity contribution in [2.45, 2.75) is 32.9 Å². The lowest BCUT2D eigenvalue weighted by atomic mass is 9.96. The summed E-state index contributed by atoms with van der Waals surface area (Å²) in [6, 6.07) is 23.1. The Bertz CT molecular complexity index is 1430. The van der Waals surface area contributed by atoms with E-state index in [0.717, 1.165) is 39.6 Å². The Morgan fingerprint density at radius 2 is 1.74 bits per heavy atom. The molecule has 1 aliphatic rings. The zero-order chi connectivity index (χ0) is 24.7. The summed E-state index contributed by atoms with van der Waals surface area (Å²) in [6.45, 7) is 6.18. The van der Waals surface area contributed by atoms with Gasteiger partial charge in [0.15, 0.2) is 5.11 Å². The van der Waals surface area contributed by atoms with E-state index in [1.165, 1.54) is 0 Å². The fourth-order valence-electron chi connectivity index (χ4n) is 4.99. The number of hydrogen-bond donors (Lipinski definition) is 2. The highest BCUT2D eigenvalue weighted by atomic mass is 32.1. The van der Waals surface area contributed by atoms with Gasteiger partial charge in [-0.2, -0.15) is 0 Å². The number of carboxylic acids is 1. The number of hydrogen-bond acceptors (Lipinski definition) is 3. The summed E-state index contributed by atoms with van der Waals surface area (Å²) in [6.07, 6.45) is 1.80. The highest BCUT2D eigenvalue weighted by Gasteiger charge is 2.42. The maximum absolute atomic E-state index is 11.6. The molecule has 176 valence electrons. The molecular formula is C28H26N4O2S. The minimum atomic E-state index is -0.944. The number of nitrogens with zero attached hydrogens (tertiary/aromatic N) is 3. The van der Waals surface area contributed by atoms with Crippen LogP contribution in [0.2, 0.25) is 0 Å². The molecule has 0 bridgehead atoms. The van der Waals surface area contributed by atoms with Gasteiger partial charge in [-0.3, -0.25) is 4.98 Å². The highest BCUT2D eigenvalue weighted by molar-refractivity contribution is 7.80. The van der Waals surface area contributed by atoms with Crippen molar-refractivity contribution in [1.82, 2.24) is 14.9 Å². The quantitative estimate of drug-likeness (QED) is 0.357. The first kappa shape index (κ1) is 22.8. The van der Waals surface area contributed by atoms with E-state index in [1.54, 1.807) is 24.4 Å². The number of carbonyl (C=O) groups is 1. The summed E-state index contributed by atoms with van der Waals surface area (Å²) in [4.78, 5) is 18.4. The van der Waals surface area contributed by atoms with Gasteiger partial charge in [0, 0.05) is 29.0 Å². The Morgan fingerprint density at radius 1 is 0.971 bits per heavy atom. The third kappa shape index (κ3) is 4.08. The summed E-state index contributed by atoms with van der Waals surface area (Å²) in [7, 11) is 0. The first-order valence-corrected chi connectivity index (χ1v) is 11.9. The van der Waals surface area contributed by atoms with Crippen molar-refractivity contribution in [1.29, 1.82) is 0 Å². The number of carboxylic acid groups (broad SMARTS) is 1. The maximum atomic E-state index is 11.6. The van der Waals surface area contributed by atoms with Crippen LogP contribution in [0.15, 0.2) is 79.0 Å². The van der Waals surface area contributed by atoms with Gasteiger partial charge < -0.3 is 19.9 Å². The predicted octanol–water partition coefficient (Wildman–Crippen LogP) is 5.67. The van der Waals surface area contributed by atoms with E-state index < -0.39 is 5.97 Å². The van der Waals surface area contributed by atoms with E-state index >= 15 is 0 Å². The van der Waals surface area contributed by atoms with Crippen molar-refractivity contribution in [3.63, 3.8) is 0 Å². The van der Waals surface area contributed by atoms with Crippen LogP contribution in [0, 0.1) is 20.8 Å². The van der Waals surface area contributed by atoms with Crippen LogP contribution >= 0.6 is 12.2 Å². The first-order valence-electron chi connectivity index (χ1n) is 11.4. The van der Waals surface area contributed by atoms with Crippen LogP contribution in [0.5, 0.6) is 0 Å². The smallest absolute Gasteiger partial charge is 0.335 e. The monoisotopic (exact) mass is 482 g/mol. The molecule has 2 N–H and O–H groups in total. The fourth-order valence-corrected chi connectivity index (χ4v) is 5.34. The minimum absolute atomic E-state index is 0.137. The predicted molar refractivity (Wildman–Crippen MR) is 141 cm³/mol. The molecule has 35 heavy (non-hydrogen) atoms. The van der Waals surface area contributed by atoms with Crippen LogP contribution in [0.25, 0.3) is 5.69 Å². The Hall–Kier alpha value is -3.97. The molecule has 1 saturated heterocycles. The third-order valence-electron chi connectivity index (χ3n) is 6.52. The molecule has 2 aromatic carbocycles. The number of thiocarbonyl (C=S) groups is 1. The Kier molecular flexibility index (Phi) is 5.86. The van der Waals surface area contributed by atoms with Gasteiger partial charge in [0.1, 0.15) is 0 Å². The van der Waals surface area contributed by atoms with Crippen molar-refractivity contribution in [3.8, 4) is 5.69 Å². The molecule has 0 spiro atoms. The molecular weight excluding hydrogens is 456 g/mol. The summed E-state index contributed by atoms with van der Waals surface area (Å²) in [5.74, 6) is -0.944. The molecule has 6 nitrogen and oxygen atoms in total. The number of aryl methyl sites for hydroxylation is 2. The molecule has 5 rings (SSSR count). The zero-order valence-corrected chi connectivity index (χ0v) is 20.6. The zero-order valence-electron chi connectivity index (χ0n) is 19.8. The molecule has 2 aromatic heterocycles. The largest absolute Gasteiger partial charge is 0.478 e. The molecule has 3 heterocycles. The minimum Gasteiger partial charge on any atom is -0.478 e. The SMILES string of the molecule is Cc1cccc(N2C(=S)N[C@H](c3ccccn3)[C@H]2c2cc(C)n(-c3cccc(C(=O)O)c3)c2C)c1. The standard InChI is InChI=1S/C28H26N4O2S/c1-17-8-6-10-21(14-17)32-26(25(30-28(32)35)24-12-4-5-13-29-24)23-15-18(2)31(19(23)3)22-11-7-9-20(16-22)27(33)34/h4-16,25-26H,1-3H3,(H,30,35)(H,33,34)/t25-,26-/m1/s1. The van der Waals surface area contributed by atoms with Crippen molar-refractivity contribution >= 4 is 29.0 Å². The van der Waals surface area contributed by atoms with E-state index in [4.69, 9.17) is 12.2 Å². The normalized spacial score (nSPS) is 17.5. The second-order valence-electron chi connectivity index (χ2n) is 8.85. The number of aromatic carboxylic acids is 1. The Labute approximate surface area is 209 Å². The van der Waals surface area contributed by atoms with Crippen LogP contribution in [-0.2, 0) is 0 Å². The van der Waals surface area contributed by atoms with Crippen molar-refractivity contribution in [2.24, 2.45) is 0 Å². The van der Waals surface area contributed by atoms with Gasteiger partial charge >= 0.3 is 5.97 Å². The lowest BCUT2D eigenvalue weighted by Crippen LogP contribution is -2.29. The van der Waals surface area contributed by atoms with E-state index in [1.807, 2.05) is 37.3 Å². The summed E-state index contributed by atoms with van der Waals surface area (Å²) < 4.78 is 2.10. The first-order chi connectivity index (χ1) is 16.8. The molecule has 7 heteroatoms. The van der Waals surface area contributed by atoms with Crippen LogP contribution in [0.1, 0.15) is 50.7 Å². The Morgan fingerprint density at radius 3 is 2.46 bits per heavy atom. The van der Waals surface area contributed by atoms with Gasteiger partial charge in [-0.05, 0) is 92.6 Å². The topological polar surface area (TPSA) is 70.4 Å². The average molecular weight is 483 g/mol. The van der Waals surface area contributed by atoms with Crippen LogP contribution in [0.4, 0.5) is 5.69 Å². The lowest BCUT2D eigenvalue weighted by molar-refractivity contribution is 0.0697. The summed E-state index contributed by atoms with van der Waals surface area (Å²) >= 11 is 5.86. The molecule has 4 aromatic rings. The Balaban J connectivity index is 1.68.